The van der Waals surface area contributed by atoms with Crippen LogP contribution in [0.1, 0.15) is 23.6 Å². The van der Waals surface area contributed by atoms with Crippen molar-refractivity contribution < 1.29 is 9.90 Å². The van der Waals surface area contributed by atoms with Crippen molar-refractivity contribution in [3.05, 3.63) is 35.4 Å². The van der Waals surface area contributed by atoms with Gasteiger partial charge in [0.05, 0.1) is 12.5 Å². The van der Waals surface area contributed by atoms with E-state index in [1.807, 2.05) is 19.2 Å². The number of carboxylic acid groups (broad SMARTS) is 1. The van der Waals surface area contributed by atoms with E-state index < -0.39 is 5.97 Å². The molecule has 0 amide bonds. The highest BCUT2D eigenvalue weighted by Crippen LogP contribution is 2.30. The van der Waals surface area contributed by atoms with Gasteiger partial charge in [-0.3, -0.25) is 9.79 Å². The predicted octanol–water partition coefficient (Wildman–Crippen LogP) is 1.11. The lowest BCUT2D eigenvalue weighted by Gasteiger charge is -2.20. The minimum absolute atomic E-state index is 0.101. The number of nitrogens with one attached hydrogen (secondary N) is 1. The molecule has 3 rings (SSSR count). The fourth-order valence-corrected chi connectivity index (χ4v) is 2.99. The quantitative estimate of drug-likeness (QED) is 0.866. The normalized spacial score (nSPS) is 25.9. The van der Waals surface area contributed by atoms with E-state index in [2.05, 4.69) is 27.3 Å². The topological polar surface area (TPSA) is 64.9 Å². The molecule has 1 saturated heterocycles. The molecule has 0 radical (unpaired) electrons. The van der Waals surface area contributed by atoms with Gasteiger partial charge in [-0.1, -0.05) is 24.3 Å². The van der Waals surface area contributed by atoms with Gasteiger partial charge in [-0.2, -0.15) is 0 Å². The number of nitrogens with zero attached hydrogens (tertiary/aromatic N) is 2. The van der Waals surface area contributed by atoms with Crippen molar-refractivity contribution >= 4 is 11.8 Å². The van der Waals surface area contributed by atoms with Crippen molar-refractivity contribution in [2.45, 2.75) is 12.5 Å². The Morgan fingerprint density at radius 2 is 2.25 bits per heavy atom. The molecule has 2 atom stereocenters. The molecule has 0 aromatic heterocycles. The van der Waals surface area contributed by atoms with Gasteiger partial charge in [-0.15, -0.1) is 0 Å². The second-order valence-corrected chi connectivity index (χ2v) is 5.45. The molecule has 106 valence electrons. The zero-order valence-corrected chi connectivity index (χ0v) is 11.5. The third kappa shape index (κ3) is 2.29. The Bertz CT molecular complexity index is 556. The Balaban J connectivity index is 1.89. The SMILES string of the molecule is CN1CCN=C1c1ccccc1C1CC(C(=O)O)CN1. The van der Waals surface area contributed by atoms with Crippen LogP contribution in [-0.4, -0.2) is 48.5 Å². The van der Waals surface area contributed by atoms with Crippen LogP contribution in [0.4, 0.5) is 0 Å². The summed E-state index contributed by atoms with van der Waals surface area (Å²) in [4.78, 5) is 17.8. The molecule has 1 aromatic rings. The molecule has 1 aromatic carbocycles. The number of rotatable bonds is 3. The highest BCUT2D eigenvalue weighted by Gasteiger charge is 2.32. The summed E-state index contributed by atoms with van der Waals surface area (Å²) in [6.07, 6.45) is 0.642. The number of aliphatic carboxylic acids is 1. The highest BCUT2D eigenvalue weighted by molar-refractivity contribution is 6.01. The second kappa shape index (κ2) is 5.25. The van der Waals surface area contributed by atoms with Crippen LogP contribution >= 0.6 is 0 Å². The molecule has 1 fully saturated rings. The average molecular weight is 273 g/mol. The van der Waals surface area contributed by atoms with Gasteiger partial charge in [0.15, 0.2) is 0 Å². The summed E-state index contributed by atoms with van der Waals surface area (Å²) in [7, 11) is 2.05. The van der Waals surface area contributed by atoms with Gasteiger partial charge in [-0.05, 0) is 12.0 Å². The summed E-state index contributed by atoms with van der Waals surface area (Å²) in [6, 6.07) is 8.27. The lowest BCUT2D eigenvalue weighted by atomic mass is 9.95. The number of carbonyl (C=O) groups is 1. The van der Waals surface area contributed by atoms with Crippen molar-refractivity contribution in [2.24, 2.45) is 10.9 Å². The smallest absolute Gasteiger partial charge is 0.307 e. The summed E-state index contributed by atoms with van der Waals surface area (Å²) in [5.41, 5.74) is 2.28. The van der Waals surface area contributed by atoms with E-state index >= 15 is 0 Å². The van der Waals surface area contributed by atoms with Gasteiger partial charge in [0.1, 0.15) is 5.84 Å². The standard InChI is InChI=1S/C15H19N3O2/c1-18-7-6-16-14(18)12-5-3-2-4-11(12)13-8-10(9-17-13)15(19)20/h2-5,10,13,17H,6-9H2,1H3,(H,19,20). The molecular weight excluding hydrogens is 254 g/mol. The lowest BCUT2D eigenvalue weighted by Crippen LogP contribution is -2.26. The van der Waals surface area contributed by atoms with Crippen molar-refractivity contribution in [3.63, 3.8) is 0 Å². The van der Waals surface area contributed by atoms with Crippen LogP contribution in [0.5, 0.6) is 0 Å². The first kappa shape index (κ1) is 13.1. The van der Waals surface area contributed by atoms with E-state index in [1.165, 1.54) is 0 Å². The number of benzene rings is 1. The first-order valence-corrected chi connectivity index (χ1v) is 6.98. The summed E-state index contributed by atoms with van der Waals surface area (Å²) >= 11 is 0. The minimum atomic E-state index is -0.715. The monoisotopic (exact) mass is 273 g/mol. The summed E-state index contributed by atoms with van der Waals surface area (Å²) in [5, 5.41) is 12.5. The number of hydrogen-bond donors (Lipinski definition) is 2. The van der Waals surface area contributed by atoms with Gasteiger partial charge in [-0.25, -0.2) is 0 Å². The first-order valence-electron chi connectivity index (χ1n) is 6.98. The molecule has 0 aliphatic carbocycles. The predicted molar refractivity (Wildman–Crippen MR) is 77.0 cm³/mol. The van der Waals surface area contributed by atoms with Gasteiger partial charge in [0, 0.05) is 31.7 Å². The van der Waals surface area contributed by atoms with Crippen LogP contribution in [0.15, 0.2) is 29.3 Å². The average Bonchev–Trinajstić information content (AvgIpc) is 3.07. The largest absolute Gasteiger partial charge is 0.481 e. The molecule has 5 nitrogen and oxygen atoms in total. The molecule has 0 spiro atoms. The summed E-state index contributed by atoms with van der Waals surface area (Å²) < 4.78 is 0. The van der Waals surface area contributed by atoms with E-state index in [1.54, 1.807) is 0 Å². The van der Waals surface area contributed by atoms with Crippen LogP contribution in [0.25, 0.3) is 0 Å². The van der Waals surface area contributed by atoms with Crippen LogP contribution in [-0.2, 0) is 4.79 Å². The minimum Gasteiger partial charge on any atom is -0.481 e. The zero-order valence-electron chi connectivity index (χ0n) is 11.5. The van der Waals surface area contributed by atoms with Crippen LogP contribution < -0.4 is 5.32 Å². The molecular formula is C15H19N3O2. The maximum Gasteiger partial charge on any atom is 0.307 e. The Kier molecular flexibility index (Phi) is 3.44. The molecule has 5 heteroatoms. The summed E-state index contributed by atoms with van der Waals surface area (Å²) in [5.74, 6) is 0.00489. The van der Waals surface area contributed by atoms with E-state index in [-0.39, 0.29) is 12.0 Å². The van der Waals surface area contributed by atoms with Crippen LogP contribution in [0.2, 0.25) is 0 Å². The Morgan fingerprint density at radius 3 is 2.90 bits per heavy atom. The number of likely N-dealkylation sites (N-methyl/N-ethyl adjacent to an activating group) is 1. The van der Waals surface area contributed by atoms with Gasteiger partial charge in [0.2, 0.25) is 0 Å². The third-order valence-corrected chi connectivity index (χ3v) is 4.12. The second-order valence-electron chi connectivity index (χ2n) is 5.45. The maximum absolute atomic E-state index is 11.1. The number of aliphatic imine (C=N–C) groups is 1. The molecule has 2 aliphatic rings. The van der Waals surface area contributed by atoms with Crippen LogP contribution in [0.3, 0.4) is 0 Å². The molecule has 0 bridgehead atoms. The van der Waals surface area contributed by atoms with Gasteiger partial charge < -0.3 is 15.3 Å². The van der Waals surface area contributed by atoms with Crippen molar-refractivity contribution in [1.29, 1.82) is 0 Å². The molecule has 2 aliphatic heterocycles. The number of hydrogen-bond acceptors (Lipinski definition) is 4. The Labute approximate surface area is 118 Å². The first-order chi connectivity index (χ1) is 9.66. The maximum atomic E-state index is 11.1. The fraction of sp³-hybridized carbons (Fsp3) is 0.467. The molecule has 20 heavy (non-hydrogen) atoms. The number of amidine groups is 1. The van der Waals surface area contributed by atoms with Gasteiger partial charge in [0.25, 0.3) is 0 Å². The lowest BCUT2D eigenvalue weighted by molar-refractivity contribution is -0.141. The summed E-state index contributed by atoms with van der Waals surface area (Å²) in [6.45, 7) is 2.31. The Hall–Kier alpha value is -1.88. The number of carboxylic acids is 1. The zero-order chi connectivity index (χ0) is 14.1. The van der Waals surface area contributed by atoms with Crippen molar-refractivity contribution in [3.8, 4) is 0 Å². The van der Waals surface area contributed by atoms with E-state index in [4.69, 9.17) is 5.11 Å². The third-order valence-electron chi connectivity index (χ3n) is 4.12. The molecule has 2 heterocycles. The fourth-order valence-electron chi connectivity index (χ4n) is 2.99. The van der Waals surface area contributed by atoms with E-state index in [9.17, 15) is 4.79 Å². The van der Waals surface area contributed by atoms with E-state index in [0.717, 1.165) is 30.1 Å². The molecule has 0 saturated carbocycles. The van der Waals surface area contributed by atoms with E-state index in [0.29, 0.717) is 13.0 Å². The van der Waals surface area contributed by atoms with Crippen LogP contribution in [0, 0.1) is 5.92 Å². The molecule has 2 unspecified atom stereocenters. The van der Waals surface area contributed by atoms with Gasteiger partial charge >= 0.3 is 5.97 Å². The highest BCUT2D eigenvalue weighted by atomic mass is 16.4. The Morgan fingerprint density at radius 1 is 1.45 bits per heavy atom. The van der Waals surface area contributed by atoms with Crippen molar-refractivity contribution in [1.82, 2.24) is 10.2 Å². The molecule has 2 N–H and O–H groups in total. The van der Waals surface area contributed by atoms with Crippen molar-refractivity contribution in [2.75, 3.05) is 26.7 Å².